The lowest BCUT2D eigenvalue weighted by Gasteiger charge is -2.23. The number of imidazole rings is 1. The number of nitrogens with one attached hydrogen (secondary N) is 1. The van der Waals surface area contributed by atoms with E-state index >= 15 is 0 Å². The Bertz CT molecular complexity index is 349. The highest BCUT2D eigenvalue weighted by Crippen LogP contribution is 2.15. The van der Waals surface area contributed by atoms with Crippen molar-refractivity contribution in [1.29, 1.82) is 0 Å². The second kappa shape index (κ2) is 4.28. The van der Waals surface area contributed by atoms with Gasteiger partial charge in [0.25, 0.3) is 0 Å². The van der Waals surface area contributed by atoms with Crippen LogP contribution in [0.5, 0.6) is 0 Å². The molecule has 0 bridgehead atoms. The van der Waals surface area contributed by atoms with Crippen LogP contribution in [0.3, 0.4) is 0 Å². The zero-order valence-electron chi connectivity index (χ0n) is 8.45. The largest absolute Gasteiger partial charge is 0.376 e. The van der Waals surface area contributed by atoms with Gasteiger partial charge in [0.15, 0.2) is 4.77 Å². The van der Waals surface area contributed by atoms with Crippen molar-refractivity contribution in [2.45, 2.75) is 38.8 Å². The fraction of sp³-hybridized carbons (Fsp3) is 0.700. The van der Waals surface area contributed by atoms with Crippen molar-refractivity contribution in [1.82, 2.24) is 9.55 Å². The molecule has 78 valence electrons. The summed E-state index contributed by atoms with van der Waals surface area (Å²) in [5.74, 6) is 0. The maximum atomic E-state index is 5.68. The van der Waals surface area contributed by atoms with E-state index in [4.69, 9.17) is 17.0 Å². The quantitative estimate of drug-likeness (QED) is 0.763. The SMILES string of the molecule is Cc1c[nH]c(=S)n1CC1CCCCO1. The Kier molecular flexibility index (Phi) is 3.03. The molecule has 1 aromatic rings. The molecule has 0 aromatic carbocycles. The molecule has 1 saturated heterocycles. The van der Waals surface area contributed by atoms with Gasteiger partial charge >= 0.3 is 0 Å². The molecule has 1 aromatic heterocycles. The lowest BCUT2D eigenvalue weighted by molar-refractivity contribution is 0.00547. The lowest BCUT2D eigenvalue weighted by atomic mass is 10.1. The number of H-pyrrole nitrogens is 1. The molecular weight excluding hydrogens is 196 g/mol. The number of ether oxygens (including phenoxy) is 1. The summed E-state index contributed by atoms with van der Waals surface area (Å²) in [6.07, 6.45) is 5.94. The zero-order valence-corrected chi connectivity index (χ0v) is 9.27. The lowest BCUT2D eigenvalue weighted by Crippen LogP contribution is -2.24. The van der Waals surface area contributed by atoms with Crippen LogP contribution in [-0.4, -0.2) is 22.3 Å². The highest BCUT2D eigenvalue weighted by molar-refractivity contribution is 7.71. The Hall–Kier alpha value is -0.610. The molecule has 0 aliphatic carbocycles. The molecule has 1 atom stereocenters. The molecule has 3 nitrogen and oxygen atoms in total. The molecule has 4 heteroatoms. The molecule has 1 aliphatic rings. The van der Waals surface area contributed by atoms with Crippen LogP contribution < -0.4 is 0 Å². The fourth-order valence-corrected chi connectivity index (χ4v) is 2.14. The van der Waals surface area contributed by atoms with E-state index in [9.17, 15) is 0 Å². The summed E-state index contributed by atoms with van der Waals surface area (Å²) < 4.78 is 8.60. The number of aromatic nitrogens is 2. The Labute approximate surface area is 89.1 Å². The summed E-state index contributed by atoms with van der Waals surface area (Å²) in [6, 6.07) is 0. The first-order valence-corrected chi connectivity index (χ1v) is 5.54. The van der Waals surface area contributed by atoms with Gasteiger partial charge in [0.1, 0.15) is 0 Å². The van der Waals surface area contributed by atoms with E-state index in [-0.39, 0.29) is 0 Å². The van der Waals surface area contributed by atoms with Crippen LogP contribution in [0.1, 0.15) is 25.0 Å². The molecule has 1 unspecified atom stereocenters. The molecule has 0 amide bonds. The molecule has 1 N–H and O–H groups in total. The molecule has 2 heterocycles. The van der Waals surface area contributed by atoms with E-state index in [0.717, 1.165) is 24.3 Å². The molecule has 0 radical (unpaired) electrons. The zero-order chi connectivity index (χ0) is 9.97. The first-order valence-electron chi connectivity index (χ1n) is 5.14. The summed E-state index contributed by atoms with van der Waals surface area (Å²) in [6.45, 7) is 3.87. The number of hydrogen-bond donors (Lipinski definition) is 1. The van der Waals surface area contributed by atoms with Crippen LogP contribution in [-0.2, 0) is 11.3 Å². The van der Waals surface area contributed by atoms with Gasteiger partial charge in [-0.1, -0.05) is 0 Å². The van der Waals surface area contributed by atoms with E-state index in [1.165, 1.54) is 18.5 Å². The maximum Gasteiger partial charge on any atom is 0.177 e. The highest BCUT2D eigenvalue weighted by atomic mass is 32.1. The third-order valence-electron chi connectivity index (χ3n) is 2.74. The van der Waals surface area contributed by atoms with Crippen LogP contribution in [0.15, 0.2) is 6.20 Å². The van der Waals surface area contributed by atoms with E-state index in [2.05, 4.69) is 16.5 Å². The predicted molar refractivity (Wildman–Crippen MR) is 57.9 cm³/mol. The molecule has 1 aliphatic heterocycles. The smallest absolute Gasteiger partial charge is 0.177 e. The van der Waals surface area contributed by atoms with E-state index < -0.39 is 0 Å². The van der Waals surface area contributed by atoms with Crippen molar-refractivity contribution in [3.63, 3.8) is 0 Å². The van der Waals surface area contributed by atoms with Crippen LogP contribution in [0.25, 0.3) is 0 Å². The van der Waals surface area contributed by atoms with Gasteiger partial charge in [-0.25, -0.2) is 0 Å². The molecule has 14 heavy (non-hydrogen) atoms. The topological polar surface area (TPSA) is 29.9 Å². The van der Waals surface area contributed by atoms with Crippen molar-refractivity contribution in [3.05, 3.63) is 16.7 Å². The average Bonchev–Trinajstić information content (AvgIpc) is 2.51. The van der Waals surface area contributed by atoms with Crippen molar-refractivity contribution in [2.75, 3.05) is 6.61 Å². The van der Waals surface area contributed by atoms with Gasteiger partial charge in [-0.15, -0.1) is 0 Å². The normalized spacial score (nSPS) is 22.5. The van der Waals surface area contributed by atoms with Crippen LogP contribution in [0.2, 0.25) is 0 Å². The Balaban J connectivity index is 2.06. The predicted octanol–water partition coefficient (Wildman–Crippen LogP) is 2.42. The number of hydrogen-bond acceptors (Lipinski definition) is 2. The van der Waals surface area contributed by atoms with Crippen LogP contribution in [0.4, 0.5) is 0 Å². The third kappa shape index (κ3) is 2.07. The Morgan fingerprint density at radius 2 is 2.50 bits per heavy atom. The van der Waals surface area contributed by atoms with Gasteiger partial charge in [0.05, 0.1) is 12.6 Å². The summed E-state index contributed by atoms with van der Waals surface area (Å²) >= 11 is 5.19. The Morgan fingerprint density at radius 1 is 1.64 bits per heavy atom. The third-order valence-corrected chi connectivity index (χ3v) is 3.07. The van der Waals surface area contributed by atoms with Gasteiger partial charge in [0.2, 0.25) is 0 Å². The van der Waals surface area contributed by atoms with Crippen LogP contribution in [0, 0.1) is 11.7 Å². The molecular formula is C10H16N2OS. The van der Waals surface area contributed by atoms with Crippen LogP contribution >= 0.6 is 12.2 Å². The van der Waals surface area contributed by atoms with E-state index in [1.807, 2.05) is 6.20 Å². The van der Waals surface area contributed by atoms with Gasteiger partial charge in [-0.05, 0) is 38.4 Å². The maximum absolute atomic E-state index is 5.68. The number of nitrogens with zero attached hydrogens (tertiary/aromatic N) is 1. The van der Waals surface area contributed by atoms with Gasteiger partial charge in [-0.2, -0.15) is 0 Å². The van der Waals surface area contributed by atoms with Gasteiger partial charge < -0.3 is 14.3 Å². The minimum absolute atomic E-state index is 0.352. The summed E-state index contributed by atoms with van der Waals surface area (Å²) in [5.41, 5.74) is 1.18. The monoisotopic (exact) mass is 212 g/mol. The van der Waals surface area contributed by atoms with Gasteiger partial charge in [-0.3, -0.25) is 0 Å². The summed E-state index contributed by atoms with van der Waals surface area (Å²) in [7, 11) is 0. The number of aromatic amines is 1. The minimum atomic E-state index is 0.352. The highest BCUT2D eigenvalue weighted by Gasteiger charge is 2.15. The second-order valence-electron chi connectivity index (χ2n) is 3.83. The Morgan fingerprint density at radius 3 is 3.07 bits per heavy atom. The minimum Gasteiger partial charge on any atom is -0.376 e. The average molecular weight is 212 g/mol. The standard InChI is InChI=1S/C10H16N2OS/c1-8-6-11-10(14)12(8)7-9-4-2-3-5-13-9/h6,9H,2-5,7H2,1H3,(H,11,14). The molecule has 0 spiro atoms. The van der Waals surface area contributed by atoms with Crippen molar-refractivity contribution in [3.8, 4) is 0 Å². The van der Waals surface area contributed by atoms with E-state index in [1.54, 1.807) is 0 Å². The number of aryl methyl sites for hydroxylation is 1. The second-order valence-corrected chi connectivity index (χ2v) is 4.22. The molecule has 1 fully saturated rings. The molecule has 0 saturated carbocycles. The fourth-order valence-electron chi connectivity index (χ4n) is 1.86. The summed E-state index contributed by atoms with van der Waals surface area (Å²) in [4.78, 5) is 3.05. The number of rotatable bonds is 2. The van der Waals surface area contributed by atoms with Crippen molar-refractivity contribution >= 4 is 12.2 Å². The first-order chi connectivity index (χ1) is 6.77. The van der Waals surface area contributed by atoms with Crippen molar-refractivity contribution < 1.29 is 4.74 Å². The van der Waals surface area contributed by atoms with Crippen molar-refractivity contribution in [2.24, 2.45) is 0 Å². The van der Waals surface area contributed by atoms with E-state index in [0.29, 0.717) is 6.10 Å². The van der Waals surface area contributed by atoms with Gasteiger partial charge in [0, 0.05) is 18.5 Å². The molecule has 2 rings (SSSR count). The summed E-state index contributed by atoms with van der Waals surface area (Å²) in [5, 5.41) is 0. The first kappa shape index (κ1) is 9.93.